The van der Waals surface area contributed by atoms with Gasteiger partial charge < -0.3 is 10.2 Å². The molecule has 1 N–H and O–H groups in total. The van der Waals surface area contributed by atoms with Gasteiger partial charge in [-0.25, -0.2) is 0 Å². The van der Waals surface area contributed by atoms with Gasteiger partial charge in [0.2, 0.25) is 5.91 Å². The van der Waals surface area contributed by atoms with Crippen LogP contribution in [-0.2, 0) is 10.3 Å². The van der Waals surface area contributed by atoms with Crippen LogP contribution in [0.15, 0.2) is 29.9 Å². The molecule has 1 aliphatic carbocycles. The number of thiophene rings is 1. The molecule has 0 aromatic carbocycles. The van der Waals surface area contributed by atoms with E-state index in [1.54, 1.807) is 10.9 Å². The summed E-state index contributed by atoms with van der Waals surface area (Å²) in [7, 11) is 0. The average Bonchev–Trinajstić information content (AvgIpc) is 3.13. The van der Waals surface area contributed by atoms with Gasteiger partial charge in [0.25, 0.3) is 5.91 Å². The Morgan fingerprint density at radius 2 is 2.12 bits per heavy atom. The predicted octanol–water partition coefficient (Wildman–Crippen LogP) is 2.41. The molecule has 3 heterocycles. The van der Waals surface area contributed by atoms with E-state index in [0.29, 0.717) is 31.8 Å². The van der Waals surface area contributed by atoms with Gasteiger partial charge in [0.15, 0.2) is 0 Å². The lowest BCUT2D eigenvalue weighted by atomic mass is 9.86. The van der Waals surface area contributed by atoms with E-state index in [9.17, 15) is 9.59 Å². The predicted molar refractivity (Wildman–Crippen MR) is 100 cm³/mol. The van der Waals surface area contributed by atoms with Gasteiger partial charge in [-0.1, -0.05) is 0 Å². The molecule has 2 fully saturated rings. The van der Waals surface area contributed by atoms with Gasteiger partial charge in [0.1, 0.15) is 5.54 Å². The van der Waals surface area contributed by atoms with E-state index in [1.165, 1.54) is 24.2 Å². The number of hydrogen-bond donors (Lipinski definition) is 1. The fourth-order valence-corrected chi connectivity index (χ4v) is 4.51. The van der Waals surface area contributed by atoms with Crippen molar-refractivity contribution in [2.75, 3.05) is 19.6 Å². The average molecular weight is 372 g/mol. The minimum Gasteiger partial charge on any atom is -0.354 e. The van der Waals surface area contributed by atoms with Crippen molar-refractivity contribution < 1.29 is 9.59 Å². The summed E-state index contributed by atoms with van der Waals surface area (Å²) in [5, 5.41) is 9.44. The molecule has 6 nitrogen and oxygen atoms in total. The van der Waals surface area contributed by atoms with E-state index in [4.69, 9.17) is 0 Å². The van der Waals surface area contributed by atoms with Gasteiger partial charge in [-0.05, 0) is 61.6 Å². The van der Waals surface area contributed by atoms with E-state index < -0.39 is 5.54 Å². The molecule has 2 aromatic heterocycles. The highest BCUT2D eigenvalue weighted by Gasteiger charge is 2.45. The SMILES string of the molecule is Cc1ccsc1C(=O)N1CCC(C(=O)NCC2CC2)(n2cccn2)CC1. The van der Waals surface area contributed by atoms with Crippen LogP contribution < -0.4 is 5.32 Å². The first-order valence-electron chi connectivity index (χ1n) is 9.22. The molecule has 7 heteroatoms. The fourth-order valence-electron chi connectivity index (χ4n) is 3.62. The third-order valence-corrected chi connectivity index (χ3v) is 6.55. The second kappa shape index (κ2) is 6.87. The zero-order chi connectivity index (χ0) is 18.1. The first kappa shape index (κ1) is 17.3. The number of rotatable bonds is 5. The Morgan fingerprint density at radius 1 is 1.35 bits per heavy atom. The quantitative estimate of drug-likeness (QED) is 0.876. The number of amides is 2. The minimum absolute atomic E-state index is 0.0347. The van der Waals surface area contributed by atoms with Crippen molar-refractivity contribution in [3.05, 3.63) is 40.3 Å². The smallest absolute Gasteiger partial charge is 0.264 e. The maximum Gasteiger partial charge on any atom is 0.264 e. The molecule has 1 aliphatic heterocycles. The third-order valence-electron chi connectivity index (χ3n) is 5.55. The molecule has 1 saturated heterocycles. The Bertz CT molecular complexity index is 786. The Hall–Kier alpha value is -2.15. The van der Waals surface area contributed by atoms with Crippen LogP contribution in [0, 0.1) is 12.8 Å². The number of nitrogens with one attached hydrogen (secondary N) is 1. The summed E-state index contributed by atoms with van der Waals surface area (Å²) >= 11 is 1.49. The molecule has 0 radical (unpaired) electrons. The van der Waals surface area contributed by atoms with Crippen LogP contribution in [0.1, 0.15) is 40.9 Å². The maximum absolute atomic E-state index is 13.0. The van der Waals surface area contributed by atoms with Crippen molar-refractivity contribution in [1.29, 1.82) is 0 Å². The third kappa shape index (κ3) is 3.16. The first-order chi connectivity index (χ1) is 12.6. The van der Waals surface area contributed by atoms with Crippen molar-refractivity contribution in [2.24, 2.45) is 5.92 Å². The van der Waals surface area contributed by atoms with Crippen molar-refractivity contribution in [3.8, 4) is 0 Å². The van der Waals surface area contributed by atoms with E-state index in [2.05, 4.69) is 10.4 Å². The van der Waals surface area contributed by atoms with Crippen molar-refractivity contribution in [3.63, 3.8) is 0 Å². The monoisotopic (exact) mass is 372 g/mol. The largest absolute Gasteiger partial charge is 0.354 e. The number of piperidine rings is 1. The van der Waals surface area contributed by atoms with Crippen molar-refractivity contribution >= 4 is 23.2 Å². The second-order valence-electron chi connectivity index (χ2n) is 7.36. The normalized spacial score (nSPS) is 19.3. The van der Waals surface area contributed by atoms with Crippen LogP contribution in [-0.4, -0.2) is 46.1 Å². The van der Waals surface area contributed by atoms with Crippen LogP contribution in [0.5, 0.6) is 0 Å². The number of aryl methyl sites for hydroxylation is 1. The molecule has 0 atom stereocenters. The number of carbonyl (C=O) groups excluding carboxylic acids is 2. The fraction of sp³-hybridized carbons (Fsp3) is 0.526. The molecule has 2 aliphatic rings. The van der Waals surface area contributed by atoms with Crippen LogP contribution in [0.25, 0.3) is 0 Å². The molecule has 0 bridgehead atoms. The van der Waals surface area contributed by atoms with Crippen LogP contribution >= 0.6 is 11.3 Å². The summed E-state index contributed by atoms with van der Waals surface area (Å²) in [6.45, 7) is 3.84. The Kier molecular flexibility index (Phi) is 4.56. The number of hydrogen-bond acceptors (Lipinski definition) is 4. The molecule has 4 rings (SSSR count). The lowest BCUT2D eigenvalue weighted by Gasteiger charge is -2.40. The van der Waals surface area contributed by atoms with Crippen molar-refractivity contribution in [2.45, 2.75) is 38.1 Å². The van der Waals surface area contributed by atoms with Crippen LogP contribution in [0.4, 0.5) is 0 Å². The zero-order valence-corrected chi connectivity index (χ0v) is 15.8. The number of nitrogens with zero attached hydrogens (tertiary/aromatic N) is 3. The van der Waals surface area contributed by atoms with Crippen LogP contribution in [0.3, 0.4) is 0 Å². The lowest BCUT2D eigenvalue weighted by Crippen LogP contribution is -2.56. The van der Waals surface area contributed by atoms with Gasteiger partial charge in [0, 0.05) is 32.0 Å². The Balaban J connectivity index is 1.49. The van der Waals surface area contributed by atoms with Gasteiger partial charge in [-0.15, -0.1) is 11.3 Å². The summed E-state index contributed by atoms with van der Waals surface area (Å²) in [4.78, 5) is 28.5. The lowest BCUT2D eigenvalue weighted by molar-refractivity contribution is -0.133. The summed E-state index contributed by atoms with van der Waals surface area (Å²) in [5.74, 6) is 0.745. The Labute approximate surface area is 157 Å². The molecule has 1 saturated carbocycles. The first-order valence-corrected chi connectivity index (χ1v) is 10.1. The summed E-state index contributed by atoms with van der Waals surface area (Å²) < 4.78 is 1.79. The second-order valence-corrected chi connectivity index (χ2v) is 8.28. The van der Waals surface area contributed by atoms with E-state index in [0.717, 1.165) is 17.0 Å². The standard InChI is InChI=1S/C19H24N4O2S/c1-14-5-12-26-16(14)17(24)22-10-6-19(7-11-22,23-9-2-8-21-23)18(25)20-13-15-3-4-15/h2,5,8-9,12,15H,3-4,6-7,10-11,13H2,1H3,(H,20,25). The molecule has 138 valence electrons. The summed E-state index contributed by atoms with van der Waals surface area (Å²) in [6.07, 6.45) is 7.15. The summed E-state index contributed by atoms with van der Waals surface area (Å²) in [5.41, 5.74) is 0.325. The van der Waals surface area contributed by atoms with Gasteiger partial charge in [-0.3, -0.25) is 14.3 Å². The molecule has 26 heavy (non-hydrogen) atoms. The van der Waals surface area contributed by atoms with Gasteiger partial charge >= 0.3 is 0 Å². The Morgan fingerprint density at radius 3 is 2.69 bits per heavy atom. The highest BCUT2D eigenvalue weighted by atomic mass is 32.1. The van der Waals surface area contributed by atoms with Crippen molar-refractivity contribution in [1.82, 2.24) is 20.0 Å². The summed E-state index contributed by atoms with van der Waals surface area (Å²) in [6, 6.07) is 3.82. The molecule has 2 amide bonds. The topological polar surface area (TPSA) is 67.2 Å². The van der Waals surface area contributed by atoms with E-state index >= 15 is 0 Å². The number of aromatic nitrogens is 2. The van der Waals surface area contributed by atoms with E-state index in [-0.39, 0.29) is 11.8 Å². The van der Waals surface area contributed by atoms with Crippen LogP contribution in [0.2, 0.25) is 0 Å². The minimum atomic E-state index is -0.695. The molecule has 2 aromatic rings. The maximum atomic E-state index is 13.0. The molecule has 0 unspecified atom stereocenters. The highest BCUT2D eigenvalue weighted by molar-refractivity contribution is 7.12. The molecular weight excluding hydrogens is 348 g/mol. The number of carbonyl (C=O) groups is 2. The zero-order valence-electron chi connectivity index (χ0n) is 15.0. The number of likely N-dealkylation sites (tertiary alicyclic amines) is 1. The van der Waals surface area contributed by atoms with Gasteiger partial charge in [0.05, 0.1) is 4.88 Å². The molecule has 0 spiro atoms. The van der Waals surface area contributed by atoms with Gasteiger partial charge in [-0.2, -0.15) is 5.10 Å². The highest BCUT2D eigenvalue weighted by Crippen LogP contribution is 2.33. The molecular formula is C19H24N4O2S. The van der Waals surface area contributed by atoms with E-state index in [1.807, 2.05) is 35.5 Å².